The highest BCUT2D eigenvalue weighted by molar-refractivity contribution is 6.30. The first-order valence-electron chi connectivity index (χ1n) is 6.25. The molecular weight excluding hydrogens is 317 g/mol. The average molecular weight is 327 g/mol. The largest absolute Gasteiger partial charge is 0.292 e. The fraction of sp³-hybridized carbons (Fsp3) is 0.133. The topological polar surface area (TPSA) is 17.8 Å². The molecule has 6 heteroatoms. The van der Waals surface area contributed by atoms with Crippen LogP contribution in [-0.2, 0) is 0 Å². The van der Waals surface area contributed by atoms with E-state index in [1.165, 1.54) is 28.8 Å². The van der Waals surface area contributed by atoms with Crippen molar-refractivity contribution in [2.45, 2.75) is 12.3 Å². The van der Waals surface area contributed by atoms with Gasteiger partial charge in [-0.1, -0.05) is 17.7 Å². The van der Waals surface area contributed by atoms with Crippen LogP contribution in [0.15, 0.2) is 36.4 Å². The normalized spacial score (nSPS) is 12.8. The average Bonchev–Trinajstić information content (AvgIpc) is 2.82. The molecule has 1 atom stereocenters. The number of imidazole rings is 1. The van der Waals surface area contributed by atoms with E-state index in [-0.39, 0.29) is 11.2 Å². The number of alkyl halides is 1. The first kappa shape index (κ1) is 14.3. The summed E-state index contributed by atoms with van der Waals surface area (Å²) in [6, 6.07) is 8.67. The van der Waals surface area contributed by atoms with Gasteiger partial charge >= 0.3 is 0 Å². The third-order valence-electron chi connectivity index (χ3n) is 3.17. The van der Waals surface area contributed by atoms with E-state index >= 15 is 0 Å². The van der Waals surface area contributed by atoms with Crippen LogP contribution in [0.5, 0.6) is 0 Å². The standard InChI is InChI=1S/C15H10Cl2F2N2/c1-8(16)15-20-14-11(19)3-2-4-12(14)21(15)13-7-9(17)5-6-10(13)18/h2-8H,1H3. The highest BCUT2D eigenvalue weighted by Gasteiger charge is 2.20. The molecule has 1 aromatic heterocycles. The number of rotatable bonds is 2. The Bertz CT molecular complexity index is 828. The monoisotopic (exact) mass is 326 g/mol. The number of hydrogen-bond donors (Lipinski definition) is 0. The molecule has 0 amide bonds. The van der Waals surface area contributed by atoms with Crippen LogP contribution in [0.2, 0.25) is 5.02 Å². The number of hydrogen-bond acceptors (Lipinski definition) is 1. The number of benzene rings is 2. The van der Waals surface area contributed by atoms with Crippen molar-refractivity contribution >= 4 is 34.2 Å². The smallest absolute Gasteiger partial charge is 0.151 e. The molecule has 0 saturated carbocycles. The van der Waals surface area contributed by atoms with Gasteiger partial charge in [-0.2, -0.15) is 0 Å². The van der Waals surface area contributed by atoms with Crippen molar-refractivity contribution in [3.8, 4) is 5.69 Å². The zero-order valence-corrected chi connectivity index (χ0v) is 12.5. The summed E-state index contributed by atoms with van der Waals surface area (Å²) in [5.74, 6) is -0.605. The van der Waals surface area contributed by atoms with Gasteiger partial charge in [0.25, 0.3) is 0 Å². The third-order valence-corrected chi connectivity index (χ3v) is 3.60. The maximum absolute atomic E-state index is 14.2. The van der Waals surface area contributed by atoms with Gasteiger partial charge in [0.05, 0.1) is 16.6 Å². The van der Waals surface area contributed by atoms with Crippen LogP contribution in [-0.4, -0.2) is 9.55 Å². The van der Waals surface area contributed by atoms with Crippen molar-refractivity contribution in [3.63, 3.8) is 0 Å². The van der Waals surface area contributed by atoms with E-state index in [1.54, 1.807) is 19.1 Å². The van der Waals surface area contributed by atoms with Crippen molar-refractivity contribution in [1.82, 2.24) is 9.55 Å². The van der Waals surface area contributed by atoms with Crippen molar-refractivity contribution in [3.05, 3.63) is 58.9 Å². The summed E-state index contributed by atoms with van der Waals surface area (Å²) >= 11 is 12.1. The summed E-state index contributed by atoms with van der Waals surface area (Å²) < 4.78 is 29.6. The molecule has 1 heterocycles. The van der Waals surface area contributed by atoms with Crippen LogP contribution >= 0.6 is 23.2 Å². The zero-order valence-electron chi connectivity index (χ0n) is 10.9. The third kappa shape index (κ3) is 2.39. The Morgan fingerprint density at radius 2 is 1.90 bits per heavy atom. The van der Waals surface area contributed by atoms with E-state index in [4.69, 9.17) is 23.2 Å². The first-order valence-corrected chi connectivity index (χ1v) is 7.07. The summed E-state index contributed by atoms with van der Waals surface area (Å²) in [4.78, 5) is 4.21. The Balaban J connectivity index is 2.42. The Kier molecular flexibility index (Phi) is 3.59. The van der Waals surface area contributed by atoms with Crippen LogP contribution in [0.4, 0.5) is 8.78 Å². The molecule has 0 spiro atoms. The van der Waals surface area contributed by atoms with Crippen molar-refractivity contribution < 1.29 is 8.78 Å². The van der Waals surface area contributed by atoms with Crippen molar-refractivity contribution in [2.24, 2.45) is 0 Å². The molecule has 0 N–H and O–H groups in total. The van der Waals surface area contributed by atoms with Gasteiger partial charge in [-0.05, 0) is 37.3 Å². The summed E-state index contributed by atoms with van der Waals surface area (Å²) in [6.07, 6.45) is 0. The molecule has 2 nitrogen and oxygen atoms in total. The quantitative estimate of drug-likeness (QED) is 0.587. The molecule has 0 bridgehead atoms. The van der Waals surface area contributed by atoms with Gasteiger partial charge in [0.1, 0.15) is 17.2 Å². The highest BCUT2D eigenvalue weighted by Crippen LogP contribution is 2.31. The molecule has 3 aromatic rings. The minimum Gasteiger partial charge on any atom is -0.292 e. The number of nitrogens with zero attached hydrogens (tertiary/aromatic N) is 2. The lowest BCUT2D eigenvalue weighted by atomic mass is 10.2. The fourth-order valence-corrected chi connectivity index (χ4v) is 2.57. The molecule has 0 aliphatic carbocycles. The first-order chi connectivity index (χ1) is 9.99. The van der Waals surface area contributed by atoms with Gasteiger partial charge in [-0.25, -0.2) is 13.8 Å². The molecular formula is C15H10Cl2F2N2. The minimum atomic E-state index is -0.518. The molecule has 0 saturated heterocycles. The zero-order chi connectivity index (χ0) is 15.1. The predicted molar refractivity (Wildman–Crippen MR) is 80.3 cm³/mol. The van der Waals surface area contributed by atoms with Gasteiger partial charge in [-0.3, -0.25) is 4.57 Å². The highest BCUT2D eigenvalue weighted by atomic mass is 35.5. The van der Waals surface area contributed by atoms with Gasteiger partial charge in [0.15, 0.2) is 5.82 Å². The summed E-state index contributed by atoms with van der Waals surface area (Å²) in [5, 5.41) is -0.145. The Morgan fingerprint density at radius 3 is 2.62 bits per heavy atom. The van der Waals surface area contributed by atoms with E-state index in [2.05, 4.69) is 4.98 Å². The molecule has 0 radical (unpaired) electrons. The summed E-state index contributed by atoms with van der Waals surface area (Å²) in [5.41, 5.74) is 0.788. The van der Waals surface area contributed by atoms with Gasteiger partial charge < -0.3 is 0 Å². The Labute approximate surface area is 129 Å². The molecule has 1 unspecified atom stereocenters. The van der Waals surface area contributed by atoms with Crippen LogP contribution in [0.1, 0.15) is 18.1 Å². The summed E-state index contributed by atoms with van der Waals surface area (Å²) in [6.45, 7) is 1.69. The number of halogens is 4. The second-order valence-electron chi connectivity index (χ2n) is 4.62. The molecule has 21 heavy (non-hydrogen) atoms. The maximum Gasteiger partial charge on any atom is 0.151 e. The second kappa shape index (κ2) is 5.28. The predicted octanol–water partition coefficient (Wildman–Crippen LogP) is 5.26. The molecule has 0 aliphatic rings. The number of aromatic nitrogens is 2. The Morgan fingerprint density at radius 1 is 1.14 bits per heavy atom. The lowest BCUT2D eigenvalue weighted by molar-refractivity contribution is 0.616. The molecule has 0 aliphatic heterocycles. The maximum atomic E-state index is 14.2. The van der Waals surface area contributed by atoms with E-state index in [0.29, 0.717) is 16.4 Å². The van der Waals surface area contributed by atoms with Crippen LogP contribution in [0.25, 0.3) is 16.7 Å². The van der Waals surface area contributed by atoms with Crippen LogP contribution in [0, 0.1) is 11.6 Å². The van der Waals surface area contributed by atoms with Gasteiger partial charge in [0, 0.05) is 5.02 Å². The van der Waals surface area contributed by atoms with E-state index in [9.17, 15) is 8.78 Å². The fourth-order valence-electron chi connectivity index (χ4n) is 2.26. The minimum absolute atomic E-state index is 0.152. The van der Waals surface area contributed by atoms with E-state index in [0.717, 1.165) is 0 Å². The lowest BCUT2D eigenvalue weighted by Gasteiger charge is -2.12. The van der Waals surface area contributed by atoms with Gasteiger partial charge in [-0.15, -0.1) is 11.6 Å². The molecule has 2 aromatic carbocycles. The van der Waals surface area contributed by atoms with Crippen molar-refractivity contribution in [1.29, 1.82) is 0 Å². The SMILES string of the molecule is CC(Cl)c1nc2c(F)cccc2n1-c1cc(Cl)ccc1F. The Hall–Kier alpha value is -1.65. The second-order valence-corrected chi connectivity index (χ2v) is 5.72. The molecule has 108 valence electrons. The lowest BCUT2D eigenvalue weighted by Crippen LogP contribution is -2.04. The van der Waals surface area contributed by atoms with Crippen LogP contribution < -0.4 is 0 Å². The van der Waals surface area contributed by atoms with E-state index < -0.39 is 17.0 Å². The van der Waals surface area contributed by atoms with Gasteiger partial charge in [0.2, 0.25) is 0 Å². The summed E-state index contributed by atoms with van der Waals surface area (Å²) in [7, 11) is 0. The molecule has 0 fully saturated rings. The number of fused-ring (bicyclic) bond motifs is 1. The van der Waals surface area contributed by atoms with Crippen LogP contribution in [0.3, 0.4) is 0 Å². The van der Waals surface area contributed by atoms with Crippen molar-refractivity contribution in [2.75, 3.05) is 0 Å². The number of para-hydroxylation sites is 1. The van der Waals surface area contributed by atoms with E-state index in [1.807, 2.05) is 0 Å². The molecule has 3 rings (SSSR count).